The second kappa shape index (κ2) is 8.49. The maximum absolute atomic E-state index is 12.7. The Kier molecular flexibility index (Phi) is 5.58. The number of alkyl halides is 3. The molecule has 1 amide bonds. The number of hydrogen-bond donors (Lipinski definition) is 2. The van der Waals surface area contributed by atoms with Crippen molar-refractivity contribution in [1.29, 1.82) is 0 Å². The predicted octanol–water partition coefficient (Wildman–Crippen LogP) is 3.40. The number of hydrogen-bond acceptors (Lipinski definition) is 7. The molecular weight excluding hydrogens is 429 g/mol. The lowest BCUT2D eigenvalue weighted by Gasteiger charge is -2.20. The maximum Gasteiger partial charge on any atom is 0.471 e. The Morgan fingerprint density at radius 2 is 1.75 bits per heavy atom. The van der Waals surface area contributed by atoms with Crippen molar-refractivity contribution in [2.45, 2.75) is 12.2 Å². The summed E-state index contributed by atoms with van der Waals surface area (Å²) in [6, 6.07) is 12.9. The number of carbonyl (C=O) groups is 1. The van der Waals surface area contributed by atoms with Crippen LogP contribution < -0.4 is 10.1 Å². The molecule has 2 aromatic carbocycles. The fourth-order valence-electron chi connectivity index (χ4n) is 2.95. The molecule has 0 spiro atoms. The summed E-state index contributed by atoms with van der Waals surface area (Å²) in [7, 11) is 1.54. The highest BCUT2D eigenvalue weighted by molar-refractivity contribution is 5.92. The number of amides is 1. The van der Waals surface area contributed by atoms with Crippen LogP contribution in [0.5, 0.6) is 5.75 Å². The number of halogens is 3. The van der Waals surface area contributed by atoms with E-state index in [1.54, 1.807) is 55.6 Å². The minimum atomic E-state index is -4.73. The van der Waals surface area contributed by atoms with Gasteiger partial charge in [0.05, 0.1) is 19.3 Å². The summed E-state index contributed by atoms with van der Waals surface area (Å²) in [6.45, 7) is 0. The van der Waals surface area contributed by atoms with Crippen LogP contribution >= 0.6 is 0 Å². The van der Waals surface area contributed by atoms with Gasteiger partial charge in [0.25, 0.3) is 5.91 Å². The third-order valence-corrected chi connectivity index (χ3v) is 4.54. The summed E-state index contributed by atoms with van der Waals surface area (Å²) < 4.78 is 47.6. The van der Waals surface area contributed by atoms with Gasteiger partial charge in [0.1, 0.15) is 5.75 Å². The molecule has 1 atom stereocenters. The highest BCUT2D eigenvalue weighted by Gasteiger charge is 2.38. The molecule has 4 rings (SSSR count). The molecule has 0 aliphatic carbocycles. The largest absolute Gasteiger partial charge is 0.497 e. The summed E-state index contributed by atoms with van der Waals surface area (Å²) >= 11 is 0. The summed E-state index contributed by atoms with van der Waals surface area (Å²) in [5.74, 6) is -1.44. The predicted molar refractivity (Wildman–Crippen MR) is 103 cm³/mol. The van der Waals surface area contributed by atoms with E-state index in [0.29, 0.717) is 16.9 Å². The molecule has 1 unspecified atom stereocenters. The third kappa shape index (κ3) is 4.43. The Morgan fingerprint density at radius 3 is 2.28 bits per heavy atom. The van der Waals surface area contributed by atoms with E-state index in [2.05, 4.69) is 35.4 Å². The van der Waals surface area contributed by atoms with E-state index in [1.807, 2.05) is 0 Å². The number of methoxy groups -OCH3 is 1. The molecule has 0 saturated carbocycles. The summed E-state index contributed by atoms with van der Waals surface area (Å²) in [5.41, 5.74) is 1.83. The average Bonchev–Trinajstić information content (AvgIpc) is 3.50. The molecule has 32 heavy (non-hydrogen) atoms. The van der Waals surface area contributed by atoms with Crippen LogP contribution in [-0.4, -0.2) is 38.6 Å². The van der Waals surface area contributed by atoms with E-state index in [-0.39, 0.29) is 11.5 Å². The van der Waals surface area contributed by atoms with Crippen molar-refractivity contribution < 1.29 is 27.2 Å². The van der Waals surface area contributed by atoms with Gasteiger partial charge in [-0.15, -0.1) is 0 Å². The van der Waals surface area contributed by atoms with Crippen LogP contribution in [0.2, 0.25) is 0 Å². The molecule has 2 N–H and O–H groups in total. The number of ether oxygens (including phenoxy) is 1. The van der Waals surface area contributed by atoms with Crippen molar-refractivity contribution in [3.63, 3.8) is 0 Å². The molecule has 0 aliphatic heterocycles. The van der Waals surface area contributed by atoms with E-state index in [9.17, 15) is 18.0 Å². The molecule has 0 bridgehead atoms. The zero-order valence-corrected chi connectivity index (χ0v) is 16.4. The first-order valence-electron chi connectivity index (χ1n) is 9.17. The second-order valence-electron chi connectivity index (χ2n) is 6.58. The highest BCUT2D eigenvalue weighted by Crippen LogP contribution is 2.30. The lowest BCUT2D eigenvalue weighted by molar-refractivity contribution is -0.159. The van der Waals surface area contributed by atoms with E-state index in [4.69, 9.17) is 4.74 Å². The number of carbonyl (C=O) groups excluding carboxylic acids is 1. The van der Waals surface area contributed by atoms with Gasteiger partial charge in [-0.05, 0) is 23.3 Å². The number of rotatable bonds is 6. The quantitative estimate of drug-likeness (QED) is 0.468. The minimum Gasteiger partial charge on any atom is -0.497 e. The van der Waals surface area contributed by atoms with Crippen LogP contribution in [0.25, 0.3) is 11.4 Å². The van der Waals surface area contributed by atoms with Gasteiger partial charge in [-0.3, -0.25) is 4.79 Å². The Bertz CT molecular complexity index is 1190. The number of nitrogens with zero attached hydrogens (tertiary/aromatic N) is 4. The Balaban J connectivity index is 1.64. The molecule has 0 radical (unpaired) electrons. The molecule has 4 aromatic rings. The SMILES string of the molecule is COc1ccc(C(NC(=O)c2cn[nH]n2)c2ccc(-c3noc(C(F)(F)F)n3)cc2)cc1. The number of aromatic amines is 1. The number of benzene rings is 2. The van der Waals surface area contributed by atoms with Crippen LogP contribution in [0.1, 0.15) is 33.5 Å². The normalized spacial score (nSPS) is 12.4. The molecule has 0 fully saturated rings. The number of aromatic nitrogens is 5. The average molecular weight is 444 g/mol. The first-order valence-corrected chi connectivity index (χ1v) is 9.17. The smallest absolute Gasteiger partial charge is 0.471 e. The van der Waals surface area contributed by atoms with Gasteiger partial charge in [0, 0.05) is 5.56 Å². The Labute approximate surface area is 178 Å². The molecule has 0 saturated heterocycles. The van der Waals surface area contributed by atoms with Gasteiger partial charge in [0.15, 0.2) is 5.69 Å². The topological polar surface area (TPSA) is 119 Å². The lowest BCUT2D eigenvalue weighted by atomic mass is 9.97. The van der Waals surface area contributed by atoms with Gasteiger partial charge in [-0.2, -0.15) is 33.6 Å². The van der Waals surface area contributed by atoms with Gasteiger partial charge in [-0.1, -0.05) is 41.6 Å². The van der Waals surface area contributed by atoms with E-state index < -0.39 is 24.0 Å². The zero-order chi connectivity index (χ0) is 22.7. The van der Waals surface area contributed by atoms with Crippen LogP contribution in [0, 0.1) is 0 Å². The molecule has 9 nitrogen and oxygen atoms in total. The van der Waals surface area contributed by atoms with Crippen molar-refractivity contribution in [2.75, 3.05) is 7.11 Å². The molecule has 164 valence electrons. The number of nitrogens with one attached hydrogen (secondary N) is 2. The summed E-state index contributed by atoms with van der Waals surface area (Å²) in [5, 5.41) is 16.0. The first-order chi connectivity index (χ1) is 15.3. The van der Waals surface area contributed by atoms with E-state index in [1.165, 1.54) is 6.20 Å². The van der Waals surface area contributed by atoms with Crippen molar-refractivity contribution in [2.24, 2.45) is 0 Å². The van der Waals surface area contributed by atoms with Gasteiger partial charge >= 0.3 is 12.1 Å². The van der Waals surface area contributed by atoms with Gasteiger partial charge < -0.3 is 14.6 Å². The Morgan fingerprint density at radius 1 is 1.09 bits per heavy atom. The van der Waals surface area contributed by atoms with Gasteiger partial charge in [0.2, 0.25) is 5.82 Å². The fraction of sp³-hybridized carbons (Fsp3) is 0.150. The molecular formula is C20H15F3N6O3. The number of H-pyrrole nitrogens is 1. The third-order valence-electron chi connectivity index (χ3n) is 4.54. The van der Waals surface area contributed by atoms with Gasteiger partial charge in [-0.25, -0.2) is 0 Å². The van der Waals surface area contributed by atoms with Crippen LogP contribution in [0.15, 0.2) is 59.3 Å². The van der Waals surface area contributed by atoms with E-state index in [0.717, 1.165) is 5.56 Å². The van der Waals surface area contributed by atoms with Crippen molar-refractivity contribution in [3.05, 3.63) is 77.4 Å². The van der Waals surface area contributed by atoms with Crippen LogP contribution in [-0.2, 0) is 6.18 Å². The standard InChI is InChI=1S/C20H15F3N6O3/c1-31-14-8-6-12(7-9-14)16(25-18(30)15-10-24-29-27-15)11-2-4-13(5-3-11)17-26-19(32-28-17)20(21,22)23/h2-10,16H,1H3,(H,25,30)(H,24,27,29). The first kappa shape index (κ1) is 21.0. The maximum atomic E-state index is 12.7. The van der Waals surface area contributed by atoms with Crippen molar-refractivity contribution >= 4 is 5.91 Å². The second-order valence-corrected chi connectivity index (χ2v) is 6.58. The summed E-state index contributed by atoms with van der Waals surface area (Å²) in [4.78, 5) is 16.0. The van der Waals surface area contributed by atoms with Crippen LogP contribution in [0.3, 0.4) is 0 Å². The van der Waals surface area contributed by atoms with Crippen LogP contribution in [0.4, 0.5) is 13.2 Å². The molecule has 12 heteroatoms. The van der Waals surface area contributed by atoms with E-state index >= 15 is 0 Å². The minimum absolute atomic E-state index is 0.103. The monoisotopic (exact) mass is 444 g/mol. The lowest BCUT2D eigenvalue weighted by Crippen LogP contribution is -2.29. The molecule has 0 aliphatic rings. The fourth-order valence-corrected chi connectivity index (χ4v) is 2.95. The van der Waals surface area contributed by atoms with Crippen molar-refractivity contribution in [1.82, 2.24) is 30.9 Å². The molecule has 2 heterocycles. The molecule has 2 aromatic heterocycles. The summed E-state index contributed by atoms with van der Waals surface area (Å²) in [6.07, 6.45) is -3.44. The van der Waals surface area contributed by atoms with Crippen molar-refractivity contribution in [3.8, 4) is 17.1 Å². The highest BCUT2D eigenvalue weighted by atomic mass is 19.4. The Hall–Kier alpha value is -4.22. The zero-order valence-electron chi connectivity index (χ0n) is 16.4.